The van der Waals surface area contributed by atoms with Crippen molar-refractivity contribution in [3.63, 3.8) is 0 Å². The second kappa shape index (κ2) is 8.51. The number of hydrogen-bond donors (Lipinski definition) is 0. The van der Waals surface area contributed by atoms with Crippen molar-refractivity contribution < 1.29 is 4.79 Å². The Labute approximate surface area is 124 Å². The quantitative estimate of drug-likeness (QED) is 0.633. The molecule has 1 rings (SSSR count). The highest BCUT2D eigenvalue weighted by atomic mass is 79.9. The van der Waals surface area contributed by atoms with E-state index >= 15 is 0 Å². The average Bonchev–Trinajstić information content (AvgIpc) is 2.71. The van der Waals surface area contributed by atoms with Crippen LogP contribution < -0.4 is 0 Å². The summed E-state index contributed by atoms with van der Waals surface area (Å²) in [5.41, 5.74) is 2.09. The molecule has 0 unspecified atom stereocenters. The number of aryl methyl sites for hydroxylation is 2. The normalized spacial score (nSPS) is 10.9. The van der Waals surface area contributed by atoms with Crippen LogP contribution in [-0.4, -0.2) is 15.6 Å². The molecule has 0 saturated heterocycles. The van der Waals surface area contributed by atoms with Gasteiger partial charge in [-0.3, -0.25) is 9.48 Å². The zero-order chi connectivity index (χ0) is 14.3. The lowest BCUT2D eigenvalue weighted by Crippen LogP contribution is -2.09. The fraction of sp³-hybridized carbons (Fsp3) is 0.733. The van der Waals surface area contributed by atoms with Crippen LogP contribution in [0.1, 0.15) is 64.3 Å². The molecule has 0 aliphatic heterocycles. The van der Waals surface area contributed by atoms with Crippen molar-refractivity contribution in [1.82, 2.24) is 9.78 Å². The molecule has 0 saturated carbocycles. The summed E-state index contributed by atoms with van der Waals surface area (Å²) >= 11 is 3.59. The van der Waals surface area contributed by atoms with Crippen molar-refractivity contribution in [3.05, 3.63) is 15.9 Å². The van der Waals surface area contributed by atoms with Gasteiger partial charge in [0.15, 0.2) is 0 Å². The number of Topliss-reactive ketones (excluding diaryl/α,β-unsaturated/α-hetero) is 1. The molecule has 1 aromatic rings. The number of halogens is 1. The molecule has 0 aliphatic carbocycles. The van der Waals surface area contributed by atoms with E-state index in [-0.39, 0.29) is 0 Å². The van der Waals surface area contributed by atoms with E-state index < -0.39 is 0 Å². The molecule has 0 radical (unpaired) electrons. The first kappa shape index (κ1) is 16.4. The fourth-order valence-electron chi connectivity index (χ4n) is 2.21. The van der Waals surface area contributed by atoms with Crippen LogP contribution in [0.5, 0.6) is 0 Å². The van der Waals surface area contributed by atoms with E-state index in [9.17, 15) is 4.79 Å². The van der Waals surface area contributed by atoms with Crippen LogP contribution in [0.4, 0.5) is 0 Å². The topological polar surface area (TPSA) is 34.9 Å². The van der Waals surface area contributed by atoms with Gasteiger partial charge in [-0.1, -0.05) is 33.1 Å². The largest absolute Gasteiger partial charge is 0.299 e. The maximum atomic E-state index is 12.0. The molecule has 0 atom stereocenters. The SMILES string of the molecule is CCCCCCC(=O)Cc1c(Br)c(CC)nn1CC. The maximum absolute atomic E-state index is 12.0. The summed E-state index contributed by atoms with van der Waals surface area (Å²) in [7, 11) is 0. The number of hydrogen-bond acceptors (Lipinski definition) is 2. The summed E-state index contributed by atoms with van der Waals surface area (Å²) in [6.07, 6.45) is 6.72. The van der Waals surface area contributed by atoms with Gasteiger partial charge in [-0.05, 0) is 35.7 Å². The highest BCUT2D eigenvalue weighted by molar-refractivity contribution is 9.10. The molecule has 4 heteroatoms. The molecule has 1 aromatic heterocycles. The molecule has 0 fully saturated rings. The van der Waals surface area contributed by atoms with Gasteiger partial charge in [0.25, 0.3) is 0 Å². The first-order chi connectivity index (χ1) is 9.13. The number of carbonyl (C=O) groups excluding carboxylic acids is 1. The van der Waals surface area contributed by atoms with Crippen LogP contribution in [0.2, 0.25) is 0 Å². The predicted octanol–water partition coefficient (Wildman–Crippen LogP) is 4.31. The molecule has 0 bridgehead atoms. The van der Waals surface area contributed by atoms with E-state index in [0.717, 1.165) is 41.7 Å². The van der Waals surface area contributed by atoms with E-state index in [0.29, 0.717) is 18.6 Å². The molecule has 3 nitrogen and oxygen atoms in total. The van der Waals surface area contributed by atoms with Gasteiger partial charge in [0.1, 0.15) is 5.78 Å². The highest BCUT2D eigenvalue weighted by Crippen LogP contribution is 2.23. The van der Waals surface area contributed by atoms with Crippen LogP contribution in [0, 0.1) is 0 Å². The minimum Gasteiger partial charge on any atom is -0.299 e. The molecule has 0 aliphatic rings. The van der Waals surface area contributed by atoms with Crippen LogP contribution in [0.3, 0.4) is 0 Å². The van der Waals surface area contributed by atoms with Gasteiger partial charge < -0.3 is 0 Å². The fourth-order valence-corrected chi connectivity index (χ4v) is 2.91. The second-order valence-electron chi connectivity index (χ2n) is 4.90. The Morgan fingerprint density at radius 2 is 1.95 bits per heavy atom. The Morgan fingerprint density at radius 1 is 1.21 bits per heavy atom. The van der Waals surface area contributed by atoms with Gasteiger partial charge in [0, 0.05) is 19.4 Å². The maximum Gasteiger partial charge on any atom is 0.138 e. The lowest BCUT2D eigenvalue weighted by Gasteiger charge is -2.05. The van der Waals surface area contributed by atoms with Crippen molar-refractivity contribution in [1.29, 1.82) is 0 Å². The highest BCUT2D eigenvalue weighted by Gasteiger charge is 2.16. The third kappa shape index (κ3) is 4.75. The molecule has 108 valence electrons. The predicted molar refractivity (Wildman–Crippen MR) is 82.4 cm³/mol. The molecule has 0 N–H and O–H groups in total. The van der Waals surface area contributed by atoms with Crippen LogP contribution in [0.15, 0.2) is 4.47 Å². The first-order valence-electron chi connectivity index (χ1n) is 7.39. The number of carbonyl (C=O) groups is 1. The molecule has 1 heterocycles. The van der Waals surface area contributed by atoms with Crippen molar-refractivity contribution in [2.45, 2.75) is 72.3 Å². The van der Waals surface area contributed by atoms with Gasteiger partial charge in [0.2, 0.25) is 0 Å². The Bertz CT molecular complexity index is 413. The van der Waals surface area contributed by atoms with Crippen molar-refractivity contribution in [2.24, 2.45) is 0 Å². The summed E-state index contributed by atoms with van der Waals surface area (Å²) in [6.45, 7) is 7.15. The number of unbranched alkanes of at least 4 members (excludes halogenated alkanes) is 3. The standard InChI is InChI=1S/C15H25BrN2O/c1-4-7-8-9-10-12(19)11-14-15(16)13(5-2)17-18(14)6-3/h4-11H2,1-3H3. The van der Waals surface area contributed by atoms with Crippen molar-refractivity contribution in [2.75, 3.05) is 0 Å². The molecular formula is C15H25BrN2O. The van der Waals surface area contributed by atoms with Crippen LogP contribution in [-0.2, 0) is 24.2 Å². The number of aromatic nitrogens is 2. The molecular weight excluding hydrogens is 304 g/mol. The van der Waals surface area contributed by atoms with Gasteiger partial charge in [0.05, 0.1) is 15.9 Å². The average molecular weight is 329 g/mol. The Balaban J connectivity index is 2.60. The summed E-state index contributed by atoms with van der Waals surface area (Å²) < 4.78 is 2.98. The number of rotatable bonds is 9. The van der Waals surface area contributed by atoms with E-state index in [2.05, 4.69) is 41.8 Å². The lowest BCUT2D eigenvalue weighted by atomic mass is 10.1. The smallest absolute Gasteiger partial charge is 0.138 e. The Kier molecular flexibility index (Phi) is 7.36. The van der Waals surface area contributed by atoms with Gasteiger partial charge in [-0.2, -0.15) is 5.10 Å². The minimum absolute atomic E-state index is 0.328. The minimum atomic E-state index is 0.328. The Morgan fingerprint density at radius 3 is 2.53 bits per heavy atom. The van der Waals surface area contributed by atoms with Gasteiger partial charge in [-0.15, -0.1) is 0 Å². The van der Waals surface area contributed by atoms with Gasteiger partial charge in [-0.25, -0.2) is 0 Å². The van der Waals surface area contributed by atoms with E-state index in [1.54, 1.807) is 0 Å². The van der Waals surface area contributed by atoms with Crippen LogP contribution >= 0.6 is 15.9 Å². The molecule has 0 amide bonds. The van der Waals surface area contributed by atoms with Crippen LogP contribution in [0.25, 0.3) is 0 Å². The lowest BCUT2D eigenvalue weighted by molar-refractivity contribution is -0.118. The summed E-state index contributed by atoms with van der Waals surface area (Å²) in [6, 6.07) is 0. The van der Waals surface area contributed by atoms with Gasteiger partial charge >= 0.3 is 0 Å². The summed E-state index contributed by atoms with van der Waals surface area (Å²) in [4.78, 5) is 12.0. The zero-order valence-electron chi connectivity index (χ0n) is 12.3. The zero-order valence-corrected chi connectivity index (χ0v) is 13.9. The summed E-state index contributed by atoms with van der Waals surface area (Å²) in [5, 5.41) is 4.53. The second-order valence-corrected chi connectivity index (χ2v) is 5.70. The van der Waals surface area contributed by atoms with E-state index in [4.69, 9.17) is 0 Å². The summed E-state index contributed by atoms with van der Waals surface area (Å²) in [5.74, 6) is 0.328. The number of nitrogens with zero attached hydrogens (tertiary/aromatic N) is 2. The molecule has 0 aromatic carbocycles. The Hall–Kier alpha value is -0.640. The molecule has 19 heavy (non-hydrogen) atoms. The third-order valence-electron chi connectivity index (χ3n) is 3.37. The van der Waals surface area contributed by atoms with Crippen molar-refractivity contribution in [3.8, 4) is 0 Å². The monoisotopic (exact) mass is 328 g/mol. The van der Waals surface area contributed by atoms with Crippen molar-refractivity contribution >= 4 is 21.7 Å². The van der Waals surface area contributed by atoms with E-state index in [1.807, 2.05) is 4.68 Å². The van der Waals surface area contributed by atoms with E-state index in [1.165, 1.54) is 12.8 Å². The number of ketones is 1. The first-order valence-corrected chi connectivity index (χ1v) is 8.19. The molecule has 0 spiro atoms. The third-order valence-corrected chi connectivity index (χ3v) is 4.28.